The predicted molar refractivity (Wildman–Crippen MR) is 92.6 cm³/mol. The molecule has 1 fully saturated rings. The summed E-state index contributed by atoms with van der Waals surface area (Å²) in [7, 11) is 0. The van der Waals surface area contributed by atoms with Crippen molar-refractivity contribution < 1.29 is 14.3 Å². The van der Waals surface area contributed by atoms with Crippen molar-refractivity contribution in [2.75, 3.05) is 13.1 Å². The number of likely N-dealkylation sites (tertiary alicyclic amines) is 1. The SMILES string of the molecule is CC(=O)N1CC[C@H](C(=O)Oc2ccc(-c3ccc(C#N)cc3)cc2)C1. The smallest absolute Gasteiger partial charge is 0.316 e. The molecule has 0 N–H and O–H groups in total. The topological polar surface area (TPSA) is 70.4 Å². The summed E-state index contributed by atoms with van der Waals surface area (Å²) in [5, 5.41) is 8.84. The number of hydrogen-bond acceptors (Lipinski definition) is 4. The second kappa shape index (κ2) is 7.18. The van der Waals surface area contributed by atoms with E-state index < -0.39 is 0 Å². The van der Waals surface area contributed by atoms with Crippen LogP contribution in [0, 0.1) is 17.2 Å². The van der Waals surface area contributed by atoms with Crippen molar-refractivity contribution in [1.29, 1.82) is 5.26 Å². The van der Waals surface area contributed by atoms with Gasteiger partial charge in [-0.15, -0.1) is 0 Å². The lowest BCUT2D eigenvalue weighted by molar-refractivity contribution is -0.138. The van der Waals surface area contributed by atoms with Crippen LogP contribution in [0.15, 0.2) is 48.5 Å². The van der Waals surface area contributed by atoms with E-state index in [0.717, 1.165) is 11.1 Å². The number of carbonyl (C=O) groups excluding carboxylic acids is 2. The van der Waals surface area contributed by atoms with Gasteiger partial charge in [0.05, 0.1) is 17.6 Å². The van der Waals surface area contributed by atoms with Gasteiger partial charge in [0, 0.05) is 20.0 Å². The molecular weight excluding hydrogens is 316 g/mol. The number of carbonyl (C=O) groups is 2. The Hall–Kier alpha value is -3.13. The molecule has 5 heteroatoms. The average Bonchev–Trinajstić information content (AvgIpc) is 3.13. The maximum atomic E-state index is 12.2. The summed E-state index contributed by atoms with van der Waals surface area (Å²) >= 11 is 0. The fourth-order valence-electron chi connectivity index (χ4n) is 2.89. The molecule has 1 aliphatic rings. The Labute approximate surface area is 146 Å². The van der Waals surface area contributed by atoms with Crippen LogP contribution < -0.4 is 4.74 Å². The first-order chi connectivity index (χ1) is 12.1. The minimum atomic E-state index is -0.296. The van der Waals surface area contributed by atoms with E-state index in [1.807, 2.05) is 24.3 Å². The molecule has 1 atom stereocenters. The normalized spacial score (nSPS) is 16.3. The highest BCUT2D eigenvalue weighted by atomic mass is 16.5. The van der Waals surface area contributed by atoms with Crippen LogP contribution in [0.25, 0.3) is 11.1 Å². The lowest BCUT2D eigenvalue weighted by Crippen LogP contribution is -2.29. The van der Waals surface area contributed by atoms with Gasteiger partial charge in [-0.05, 0) is 41.8 Å². The average molecular weight is 334 g/mol. The number of ether oxygens (including phenoxy) is 1. The number of rotatable bonds is 3. The third-order valence-electron chi connectivity index (χ3n) is 4.39. The maximum absolute atomic E-state index is 12.2. The van der Waals surface area contributed by atoms with Crippen molar-refractivity contribution in [2.24, 2.45) is 5.92 Å². The second-order valence-corrected chi connectivity index (χ2v) is 6.09. The van der Waals surface area contributed by atoms with Gasteiger partial charge in [-0.3, -0.25) is 9.59 Å². The van der Waals surface area contributed by atoms with Gasteiger partial charge in [0.25, 0.3) is 0 Å². The van der Waals surface area contributed by atoms with E-state index >= 15 is 0 Å². The minimum Gasteiger partial charge on any atom is -0.426 e. The van der Waals surface area contributed by atoms with Crippen LogP contribution in [0.1, 0.15) is 18.9 Å². The minimum absolute atomic E-state index is 0.0120. The van der Waals surface area contributed by atoms with Crippen LogP contribution in [0.2, 0.25) is 0 Å². The van der Waals surface area contributed by atoms with Gasteiger partial charge in [0.15, 0.2) is 0 Å². The molecule has 0 spiro atoms. The van der Waals surface area contributed by atoms with Crippen molar-refractivity contribution in [1.82, 2.24) is 4.90 Å². The zero-order valence-electron chi connectivity index (χ0n) is 13.9. The molecule has 2 aromatic carbocycles. The van der Waals surface area contributed by atoms with Crippen LogP contribution in [0.5, 0.6) is 5.75 Å². The first kappa shape index (κ1) is 16.7. The summed E-state index contributed by atoms with van der Waals surface area (Å²) in [5.74, 6) is -0.0808. The Morgan fingerprint density at radius 2 is 1.68 bits per heavy atom. The quantitative estimate of drug-likeness (QED) is 0.639. The van der Waals surface area contributed by atoms with E-state index in [0.29, 0.717) is 30.8 Å². The van der Waals surface area contributed by atoms with Crippen molar-refractivity contribution >= 4 is 11.9 Å². The first-order valence-corrected chi connectivity index (χ1v) is 8.14. The lowest BCUT2D eigenvalue weighted by Gasteiger charge is -2.13. The molecule has 1 aliphatic heterocycles. The molecule has 0 radical (unpaired) electrons. The number of hydrogen-bond donors (Lipinski definition) is 0. The summed E-state index contributed by atoms with van der Waals surface area (Å²) in [6.45, 7) is 2.54. The Morgan fingerprint density at radius 3 is 2.20 bits per heavy atom. The summed E-state index contributed by atoms with van der Waals surface area (Å²) in [5.41, 5.74) is 2.59. The highest BCUT2D eigenvalue weighted by Gasteiger charge is 2.31. The van der Waals surface area contributed by atoms with Gasteiger partial charge >= 0.3 is 5.97 Å². The zero-order valence-corrected chi connectivity index (χ0v) is 13.9. The Kier molecular flexibility index (Phi) is 4.80. The summed E-state index contributed by atoms with van der Waals surface area (Å²) in [6, 6.07) is 16.7. The van der Waals surface area contributed by atoms with Crippen molar-refractivity contribution in [3.8, 4) is 22.9 Å². The summed E-state index contributed by atoms with van der Waals surface area (Å²) in [6.07, 6.45) is 0.641. The third kappa shape index (κ3) is 3.86. The van der Waals surface area contributed by atoms with Crippen molar-refractivity contribution in [3.63, 3.8) is 0 Å². The molecule has 1 heterocycles. The number of nitrogens with zero attached hydrogens (tertiary/aromatic N) is 2. The summed E-state index contributed by atoms with van der Waals surface area (Å²) < 4.78 is 5.43. The van der Waals surface area contributed by atoms with Crippen LogP contribution in [0.3, 0.4) is 0 Å². The highest BCUT2D eigenvalue weighted by Crippen LogP contribution is 2.24. The molecule has 126 valence electrons. The Balaban J connectivity index is 1.63. The molecule has 0 unspecified atom stereocenters. The van der Waals surface area contributed by atoms with E-state index in [2.05, 4.69) is 6.07 Å². The van der Waals surface area contributed by atoms with Crippen LogP contribution in [-0.4, -0.2) is 29.9 Å². The molecule has 0 bridgehead atoms. The molecule has 1 amide bonds. The van der Waals surface area contributed by atoms with E-state index in [1.54, 1.807) is 29.2 Å². The van der Waals surface area contributed by atoms with Crippen LogP contribution in [0.4, 0.5) is 0 Å². The number of nitriles is 1. The molecule has 0 aromatic heterocycles. The molecule has 25 heavy (non-hydrogen) atoms. The molecular formula is C20H18N2O3. The van der Waals surface area contributed by atoms with Gasteiger partial charge in [-0.25, -0.2) is 0 Å². The molecule has 3 rings (SSSR count). The van der Waals surface area contributed by atoms with Gasteiger partial charge < -0.3 is 9.64 Å². The van der Waals surface area contributed by atoms with Crippen molar-refractivity contribution in [3.05, 3.63) is 54.1 Å². The Morgan fingerprint density at radius 1 is 1.08 bits per heavy atom. The fraction of sp³-hybridized carbons (Fsp3) is 0.250. The number of amides is 1. The van der Waals surface area contributed by atoms with Crippen molar-refractivity contribution in [2.45, 2.75) is 13.3 Å². The van der Waals surface area contributed by atoms with Crippen LogP contribution in [-0.2, 0) is 9.59 Å². The summed E-state index contributed by atoms with van der Waals surface area (Å²) in [4.78, 5) is 25.2. The van der Waals surface area contributed by atoms with E-state index in [9.17, 15) is 9.59 Å². The van der Waals surface area contributed by atoms with Gasteiger partial charge in [0.1, 0.15) is 5.75 Å². The molecule has 5 nitrogen and oxygen atoms in total. The lowest BCUT2D eigenvalue weighted by atomic mass is 10.0. The standard InChI is InChI=1S/C20H18N2O3/c1-14(23)22-11-10-18(13-22)20(24)25-19-8-6-17(7-9-19)16-4-2-15(12-21)3-5-16/h2-9,18H,10-11,13H2,1H3/t18-/m0/s1. The molecule has 1 saturated heterocycles. The zero-order chi connectivity index (χ0) is 17.8. The number of esters is 1. The van der Waals surface area contributed by atoms with E-state index in [4.69, 9.17) is 10.00 Å². The van der Waals surface area contributed by atoms with Gasteiger partial charge in [0.2, 0.25) is 5.91 Å². The predicted octanol–water partition coefficient (Wildman–Crippen LogP) is 3.00. The highest BCUT2D eigenvalue weighted by molar-refractivity contribution is 5.79. The molecule has 0 aliphatic carbocycles. The van der Waals surface area contributed by atoms with E-state index in [1.165, 1.54) is 6.92 Å². The largest absolute Gasteiger partial charge is 0.426 e. The van der Waals surface area contributed by atoms with Gasteiger partial charge in [-0.2, -0.15) is 5.26 Å². The fourth-order valence-corrected chi connectivity index (χ4v) is 2.89. The second-order valence-electron chi connectivity index (χ2n) is 6.09. The van der Waals surface area contributed by atoms with Crippen LogP contribution >= 0.6 is 0 Å². The maximum Gasteiger partial charge on any atom is 0.316 e. The van der Waals surface area contributed by atoms with Gasteiger partial charge in [-0.1, -0.05) is 24.3 Å². The monoisotopic (exact) mass is 334 g/mol. The number of benzene rings is 2. The molecule has 0 saturated carbocycles. The Bertz CT molecular complexity index is 820. The molecule has 2 aromatic rings. The third-order valence-corrected chi connectivity index (χ3v) is 4.39. The van der Waals surface area contributed by atoms with E-state index in [-0.39, 0.29) is 17.8 Å². The first-order valence-electron chi connectivity index (χ1n) is 8.14.